The van der Waals surface area contributed by atoms with Gasteiger partial charge in [0, 0.05) is 11.3 Å². The summed E-state index contributed by atoms with van der Waals surface area (Å²) in [6.45, 7) is 1.36. The van der Waals surface area contributed by atoms with Crippen LogP contribution >= 0.6 is 11.6 Å². The van der Waals surface area contributed by atoms with Crippen LogP contribution in [-0.2, 0) is 6.54 Å². The van der Waals surface area contributed by atoms with Crippen molar-refractivity contribution in [1.29, 1.82) is 0 Å². The molecule has 8 heteroatoms. The smallest absolute Gasteiger partial charge is 0.255 e. The molecule has 4 rings (SSSR count). The molecule has 1 aromatic heterocycles. The fraction of sp³-hybridized carbons (Fsp3) is 0.167. The van der Waals surface area contributed by atoms with E-state index in [1.54, 1.807) is 23.1 Å². The number of amides is 1. The third kappa shape index (κ3) is 3.34. The summed E-state index contributed by atoms with van der Waals surface area (Å²) in [5.74, 6) is 0.667. The fourth-order valence-electron chi connectivity index (χ4n) is 2.71. The maximum Gasteiger partial charge on any atom is 0.255 e. The van der Waals surface area contributed by atoms with Crippen molar-refractivity contribution in [3.63, 3.8) is 0 Å². The minimum atomic E-state index is -0.282. The zero-order chi connectivity index (χ0) is 17.9. The number of halogens is 1. The molecular weight excluding hydrogens is 356 g/mol. The Morgan fingerprint density at radius 3 is 2.92 bits per heavy atom. The van der Waals surface area contributed by atoms with Crippen molar-refractivity contribution in [3.8, 4) is 11.5 Å². The van der Waals surface area contributed by atoms with Crippen LogP contribution in [-0.4, -0.2) is 33.9 Å². The first-order valence-electron chi connectivity index (χ1n) is 8.01. The highest BCUT2D eigenvalue weighted by Crippen LogP contribution is 2.38. The predicted octanol–water partition coefficient (Wildman–Crippen LogP) is 3.00. The summed E-state index contributed by atoms with van der Waals surface area (Å²) < 4.78 is 12.7. The molecule has 0 radical (unpaired) electrons. The largest absolute Gasteiger partial charge is 0.486 e. The van der Waals surface area contributed by atoms with Crippen LogP contribution < -0.4 is 14.8 Å². The topological polar surface area (TPSA) is 78.3 Å². The number of hydrogen-bond donors (Lipinski definition) is 1. The van der Waals surface area contributed by atoms with Crippen LogP contribution in [0, 0.1) is 0 Å². The van der Waals surface area contributed by atoms with E-state index in [-0.39, 0.29) is 5.91 Å². The Morgan fingerprint density at radius 2 is 2.08 bits per heavy atom. The van der Waals surface area contributed by atoms with Crippen molar-refractivity contribution >= 4 is 23.2 Å². The number of carbonyl (C=O) groups excluding carboxylic acids is 1. The third-order valence-electron chi connectivity index (χ3n) is 3.92. The van der Waals surface area contributed by atoms with Crippen LogP contribution in [0.2, 0.25) is 5.02 Å². The van der Waals surface area contributed by atoms with Gasteiger partial charge in [-0.05, 0) is 23.8 Å². The molecule has 1 N–H and O–H groups in total. The lowest BCUT2D eigenvalue weighted by Gasteiger charge is -2.20. The summed E-state index contributed by atoms with van der Waals surface area (Å²) >= 11 is 6.22. The number of hydrogen-bond acceptors (Lipinski definition) is 5. The molecule has 0 aliphatic carbocycles. The van der Waals surface area contributed by atoms with Gasteiger partial charge in [0.1, 0.15) is 25.9 Å². The van der Waals surface area contributed by atoms with Gasteiger partial charge in [-0.25, -0.2) is 9.67 Å². The number of fused-ring (bicyclic) bond motifs is 1. The van der Waals surface area contributed by atoms with Crippen molar-refractivity contribution in [3.05, 3.63) is 65.2 Å². The highest BCUT2D eigenvalue weighted by Gasteiger charge is 2.19. The van der Waals surface area contributed by atoms with Gasteiger partial charge >= 0.3 is 0 Å². The molecule has 0 bridgehead atoms. The van der Waals surface area contributed by atoms with Gasteiger partial charge in [0.15, 0.2) is 11.5 Å². The van der Waals surface area contributed by atoms with Crippen molar-refractivity contribution < 1.29 is 14.3 Å². The minimum absolute atomic E-state index is 0.282. The van der Waals surface area contributed by atoms with Crippen molar-refractivity contribution in [2.24, 2.45) is 0 Å². The number of nitrogens with zero attached hydrogens (tertiary/aromatic N) is 3. The van der Waals surface area contributed by atoms with E-state index in [0.717, 1.165) is 5.56 Å². The molecule has 0 unspecified atom stereocenters. The second kappa shape index (κ2) is 7.05. The molecule has 3 aromatic rings. The Morgan fingerprint density at radius 1 is 1.23 bits per heavy atom. The maximum absolute atomic E-state index is 12.7. The first-order valence-corrected chi connectivity index (χ1v) is 8.39. The molecule has 132 valence electrons. The molecule has 2 heterocycles. The van der Waals surface area contributed by atoms with E-state index in [2.05, 4.69) is 15.4 Å². The van der Waals surface area contributed by atoms with Gasteiger partial charge in [0.05, 0.1) is 11.6 Å². The SMILES string of the molecule is O=C(Nc1ccccc1Cn1cncn1)c1cc(Cl)c2c(c1)OCCO2. The Hall–Kier alpha value is -3.06. The lowest BCUT2D eigenvalue weighted by molar-refractivity contribution is 0.102. The molecule has 1 aliphatic rings. The van der Waals surface area contributed by atoms with E-state index in [4.69, 9.17) is 21.1 Å². The molecule has 0 saturated carbocycles. The number of carbonyl (C=O) groups is 1. The highest BCUT2D eigenvalue weighted by atomic mass is 35.5. The van der Waals surface area contributed by atoms with Gasteiger partial charge in [0.2, 0.25) is 0 Å². The fourth-order valence-corrected chi connectivity index (χ4v) is 2.97. The predicted molar refractivity (Wildman–Crippen MR) is 96.0 cm³/mol. The normalized spacial score (nSPS) is 12.7. The molecule has 0 spiro atoms. The summed E-state index contributed by atoms with van der Waals surface area (Å²) in [6, 6.07) is 10.7. The van der Waals surface area contributed by atoms with E-state index in [9.17, 15) is 4.79 Å². The first-order chi connectivity index (χ1) is 12.7. The monoisotopic (exact) mass is 370 g/mol. The molecular formula is C18H15ClN4O3. The summed E-state index contributed by atoms with van der Waals surface area (Å²) in [5, 5.41) is 7.36. The van der Waals surface area contributed by atoms with Crippen LogP contribution in [0.15, 0.2) is 49.1 Å². The summed E-state index contributed by atoms with van der Waals surface area (Å²) in [5.41, 5.74) is 2.00. The van der Waals surface area contributed by atoms with Gasteiger partial charge in [-0.1, -0.05) is 29.8 Å². The van der Waals surface area contributed by atoms with Gasteiger partial charge in [-0.15, -0.1) is 0 Å². The standard InChI is InChI=1S/C18H15ClN4O3/c19-14-7-13(8-16-17(14)26-6-5-25-16)18(24)22-15-4-2-1-3-12(15)9-23-11-20-10-21-23/h1-4,7-8,10-11H,5-6,9H2,(H,22,24). The third-order valence-corrected chi connectivity index (χ3v) is 4.20. The lowest BCUT2D eigenvalue weighted by Crippen LogP contribution is -2.18. The van der Waals surface area contributed by atoms with Crippen molar-refractivity contribution in [2.75, 3.05) is 18.5 Å². The minimum Gasteiger partial charge on any atom is -0.486 e. The van der Waals surface area contributed by atoms with Gasteiger partial charge in [-0.2, -0.15) is 5.10 Å². The number of benzene rings is 2. The van der Waals surface area contributed by atoms with Crippen LogP contribution in [0.5, 0.6) is 11.5 Å². The number of anilines is 1. The zero-order valence-corrected chi connectivity index (χ0v) is 14.4. The second-order valence-corrected chi connectivity index (χ2v) is 6.09. The highest BCUT2D eigenvalue weighted by molar-refractivity contribution is 6.32. The number of ether oxygens (including phenoxy) is 2. The average Bonchev–Trinajstić information content (AvgIpc) is 3.16. The molecule has 1 aliphatic heterocycles. The van der Waals surface area contributed by atoms with E-state index in [0.29, 0.717) is 47.5 Å². The van der Waals surface area contributed by atoms with E-state index < -0.39 is 0 Å². The molecule has 0 atom stereocenters. The molecule has 7 nitrogen and oxygen atoms in total. The summed E-state index contributed by atoms with van der Waals surface area (Å²) in [4.78, 5) is 16.6. The summed E-state index contributed by atoms with van der Waals surface area (Å²) in [7, 11) is 0. The lowest BCUT2D eigenvalue weighted by atomic mass is 10.1. The van der Waals surface area contributed by atoms with Crippen LogP contribution in [0.1, 0.15) is 15.9 Å². The van der Waals surface area contributed by atoms with Crippen LogP contribution in [0.25, 0.3) is 0 Å². The average molecular weight is 371 g/mol. The number of aromatic nitrogens is 3. The maximum atomic E-state index is 12.7. The zero-order valence-electron chi connectivity index (χ0n) is 13.7. The van der Waals surface area contributed by atoms with Crippen molar-refractivity contribution in [2.45, 2.75) is 6.54 Å². The number of nitrogens with one attached hydrogen (secondary N) is 1. The Balaban J connectivity index is 1.58. The van der Waals surface area contributed by atoms with Crippen molar-refractivity contribution in [1.82, 2.24) is 14.8 Å². The van der Waals surface area contributed by atoms with Crippen LogP contribution in [0.4, 0.5) is 5.69 Å². The second-order valence-electron chi connectivity index (χ2n) is 5.69. The van der Waals surface area contributed by atoms with E-state index in [1.165, 1.54) is 6.33 Å². The number of para-hydroxylation sites is 1. The molecule has 0 fully saturated rings. The number of rotatable bonds is 4. The summed E-state index contributed by atoms with van der Waals surface area (Å²) in [6.07, 6.45) is 3.09. The van der Waals surface area contributed by atoms with Gasteiger partial charge in [0.25, 0.3) is 5.91 Å². The molecule has 0 saturated heterocycles. The molecule has 2 aromatic carbocycles. The Bertz CT molecular complexity index is 944. The first kappa shape index (κ1) is 16.4. The van der Waals surface area contributed by atoms with E-state index >= 15 is 0 Å². The molecule has 26 heavy (non-hydrogen) atoms. The van der Waals surface area contributed by atoms with Gasteiger partial charge < -0.3 is 14.8 Å². The Labute approximate surface area is 154 Å². The Kier molecular flexibility index (Phi) is 4.45. The van der Waals surface area contributed by atoms with Gasteiger partial charge in [-0.3, -0.25) is 4.79 Å². The van der Waals surface area contributed by atoms with E-state index in [1.807, 2.05) is 24.3 Å². The quantitative estimate of drug-likeness (QED) is 0.763. The molecule has 1 amide bonds. The van der Waals surface area contributed by atoms with Crippen LogP contribution in [0.3, 0.4) is 0 Å².